The number of unbranched alkanes of at least 4 members (excludes halogenated alkanes) is 2. The minimum Gasteiger partial charge on any atom is -0.481 e. The number of ether oxygens (including phenoxy) is 1. The number of nitrogens with one attached hydrogen (secondary N) is 1. The number of hydrogen-bond donors (Lipinski definition) is 1. The molecule has 0 aliphatic carbocycles. The Bertz CT molecular complexity index is 723. The lowest BCUT2D eigenvalue weighted by atomic mass is 10.2. The summed E-state index contributed by atoms with van der Waals surface area (Å²) in [5.74, 6) is -0.0486. The van der Waals surface area contributed by atoms with E-state index in [0.717, 1.165) is 12.8 Å². The Morgan fingerprint density at radius 1 is 1.48 bits per heavy atom. The van der Waals surface area contributed by atoms with Crippen LogP contribution in [0.5, 0.6) is 5.88 Å². The van der Waals surface area contributed by atoms with Gasteiger partial charge in [0.25, 0.3) is 5.91 Å². The Balaban J connectivity index is 1.97. The fourth-order valence-electron chi connectivity index (χ4n) is 1.94. The fourth-order valence-corrected chi connectivity index (χ4v) is 2.14. The number of hydrogen-bond acceptors (Lipinski definition) is 5. The minimum absolute atomic E-state index is 0.183. The van der Waals surface area contributed by atoms with Crippen molar-refractivity contribution in [3.05, 3.63) is 35.2 Å². The number of methoxy groups -OCH3 is 1. The van der Waals surface area contributed by atoms with Crippen LogP contribution in [0.15, 0.2) is 24.5 Å². The summed E-state index contributed by atoms with van der Waals surface area (Å²) in [6.45, 7) is 0.701. The molecule has 0 bridgehead atoms. The molecule has 2 aromatic heterocycles. The highest BCUT2D eigenvalue weighted by Crippen LogP contribution is 2.17. The maximum Gasteiger partial charge on any atom is 0.256 e. The Kier molecular flexibility index (Phi) is 5.94. The van der Waals surface area contributed by atoms with Gasteiger partial charge in [0.1, 0.15) is 5.15 Å². The van der Waals surface area contributed by atoms with Crippen molar-refractivity contribution in [2.75, 3.05) is 12.4 Å². The molecule has 23 heavy (non-hydrogen) atoms. The van der Waals surface area contributed by atoms with Gasteiger partial charge in [-0.05, 0) is 18.9 Å². The van der Waals surface area contributed by atoms with Gasteiger partial charge < -0.3 is 10.1 Å². The predicted octanol–water partition coefficient (Wildman–Crippen LogP) is 2.89. The highest BCUT2D eigenvalue weighted by Gasteiger charge is 2.11. The molecule has 1 N–H and O–H groups in total. The number of pyridine rings is 1. The van der Waals surface area contributed by atoms with E-state index in [1.807, 2.05) is 0 Å². The molecule has 0 aromatic carbocycles. The number of nitriles is 1. The standard InChI is InChI=1S/C15H16ClN5O2/c1-23-14-8-11(7-13(16)20-14)15(22)19-12-9-18-21(10-12)6-4-2-3-5-17/h7-10H,2-4,6H2,1H3,(H,19,22). The van der Waals surface area contributed by atoms with Gasteiger partial charge in [0, 0.05) is 30.8 Å². The smallest absolute Gasteiger partial charge is 0.256 e. The summed E-state index contributed by atoms with van der Waals surface area (Å²) in [5, 5.41) is 15.6. The van der Waals surface area contributed by atoms with Gasteiger partial charge >= 0.3 is 0 Å². The average Bonchev–Trinajstić information content (AvgIpc) is 2.98. The molecule has 0 saturated carbocycles. The first-order valence-electron chi connectivity index (χ1n) is 7.04. The van der Waals surface area contributed by atoms with Crippen molar-refractivity contribution in [3.8, 4) is 11.9 Å². The molecule has 8 heteroatoms. The zero-order valence-corrected chi connectivity index (χ0v) is 13.4. The van der Waals surface area contributed by atoms with Crippen molar-refractivity contribution < 1.29 is 9.53 Å². The molecule has 0 fully saturated rings. The van der Waals surface area contributed by atoms with E-state index in [2.05, 4.69) is 21.5 Å². The quantitative estimate of drug-likeness (QED) is 0.621. The molecule has 2 heterocycles. The summed E-state index contributed by atoms with van der Waals surface area (Å²) in [6.07, 6.45) is 5.54. The maximum absolute atomic E-state index is 12.2. The Hall–Kier alpha value is -2.59. The van der Waals surface area contributed by atoms with Crippen LogP contribution < -0.4 is 10.1 Å². The van der Waals surface area contributed by atoms with Crippen LogP contribution in [0.1, 0.15) is 29.6 Å². The summed E-state index contributed by atoms with van der Waals surface area (Å²) >= 11 is 5.85. The third-order valence-corrected chi connectivity index (χ3v) is 3.25. The van der Waals surface area contributed by atoms with Gasteiger partial charge in [-0.1, -0.05) is 11.6 Å². The van der Waals surface area contributed by atoms with Crippen LogP contribution in [0.3, 0.4) is 0 Å². The summed E-state index contributed by atoms with van der Waals surface area (Å²) in [6, 6.07) is 5.08. The number of aryl methyl sites for hydroxylation is 1. The molecule has 120 valence electrons. The number of anilines is 1. The lowest BCUT2D eigenvalue weighted by molar-refractivity contribution is 0.102. The van der Waals surface area contributed by atoms with E-state index in [0.29, 0.717) is 24.2 Å². The third kappa shape index (κ3) is 4.97. The summed E-state index contributed by atoms with van der Waals surface area (Å²) in [7, 11) is 1.46. The fraction of sp³-hybridized carbons (Fsp3) is 0.333. The summed E-state index contributed by atoms with van der Waals surface area (Å²) < 4.78 is 6.72. The van der Waals surface area contributed by atoms with Crippen LogP contribution in [0.25, 0.3) is 0 Å². The zero-order valence-electron chi connectivity index (χ0n) is 12.6. The molecule has 0 unspecified atom stereocenters. The number of nitrogens with zero attached hydrogens (tertiary/aromatic N) is 4. The van der Waals surface area contributed by atoms with Gasteiger partial charge in [0.2, 0.25) is 5.88 Å². The van der Waals surface area contributed by atoms with Gasteiger partial charge in [0.05, 0.1) is 25.1 Å². The van der Waals surface area contributed by atoms with Crippen LogP contribution in [0, 0.1) is 11.3 Å². The van der Waals surface area contributed by atoms with Crippen LogP contribution in [0.4, 0.5) is 5.69 Å². The normalized spacial score (nSPS) is 10.1. The SMILES string of the molecule is COc1cc(C(=O)Nc2cnn(CCCCC#N)c2)cc(Cl)n1. The van der Waals surface area contributed by atoms with Crippen LogP contribution in [0.2, 0.25) is 5.15 Å². The molecule has 0 aliphatic heterocycles. The summed E-state index contributed by atoms with van der Waals surface area (Å²) in [5.41, 5.74) is 0.936. The summed E-state index contributed by atoms with van der Waals surface area (Å²) in [4.78, 5) is 16.1. The Morgan fingerprint density at radius 2 is 2.30 bits per heavy atom. The molecule has 0 aliphatic rings. The number of halogens is 1. The largest absolute Gasteiger partial charge is 0.481 e. The van der Waals surface area contributed by atoms with Crippen molar-refractivity contribution >= 4 is 23.2 Å². The molecule has 1 amide bonds. The van der Waals surface area contributed by atoms with Crippen LogP contribution in [-0.2, 0) is 6.54 Å². The second-order valence-corrected chi connectivity index (χ2v) is 5.17. The molecule has 0 atom stereocenters. The topological polar surface area (TPSA) is 92.8 Å². The number of rotatable bonds is 7. The third-order valence-electron chi connectivity index (χ3n) is 3.06. The van der Waals surface area contributed by atoms with Gasteiger partial charge in [0.15, 0.2) is 0 Å². The van der Waals surface area contributed by atoms with Crippen LogP contribution in [-0.4, -0.2) is 27.8 Å². The number of amides is 1. The maximum atomic E-state index is 12.2. The second-order valence-electron chi connectivity index (χ2n) is 4.78. The first kappa shape index (κ1) is 16.8. The molecule has 7 nitrogen and oxygen atoms in total. The molecule has 0 saturated heterocycles. The van der Waals surface area contributed by atoms with Crippen molar-refractivity contribution in [2.24, 2.45) is 0 Å². The Morgan fingerprint density at radius 3 is 3.04 bits per heavy atom. The van der Waals surface area contributed by atoms with Crippen molar-refractivity contribution in [1.29, 1.82) is 5.26 Å². The van der Waals surface area contributed by atoms with Crippen molar-refractivity contribution in [2.45, 2.75) is 25.8 Å². The van der Waals surface area contributed by atoms with Crippen molar-refractivity contribution in [1.82, 2.24) is 14.8 Å². The van der Waals surface area contributed by atoms with Gasteiger partial charge in [-0.2, -0.15) is 10.4 Å². The molecule has 0 spiro atoms. The second kappa shape index (κ2) is 8.15. The van der Waals surface area contributed by atoms with Gasteiger partial charge in [-0.25, -0.2) is 4.98 Å². The monoisotopic (exact) mass is 333 g/mol. The van der Waals surface area contributed by atoms with E-state index in [1.165, 1.54) is 19.2 Å². The van der Waals surface area contributed by atoms with Crippen molar-refractivity contribution in [3.63, 3.8) is 0 Å². The molecular weight excluding hydrogens is 318 g/mol. The molecule has 2 rings (SSSR count). The van der Waals surface area contributed by atoms with E-state index in [-0.39, 0.29) is 16.9 Å². The van der Waals surface area contributed by atoms with Crippen LogP contribution >= 0.6 is 11.6 Å². The number of carbonyl (C=O) groups excluding carboxylic acids is 1. The van der Waals surface area contributed by atoms with E-state index in [9.17, 15) is 4.79 Å². The highest BCUT2D eigenvalue weighted by atomic mass is 35.5. The first-order valence-corrected chi connectivity index (χ1v) is 7.42. The Labute approximate surface area is 138 Å². The first-order chi connectivity index (χ1) is 11.1. The minimum atomic E-state index is -0.323. The number of aromatic nitrogens is 3. The number of carbonyl (C=O) groups is 1. The van der Waals surface area contributed by atoms with E-state index >= 15 is 0 Å². The van der Waals surface area contributed by atoms with E-state index in [1.54, 1.807) is 17.1 Å². The predicted molar refractivity (Wildman–Crippen MR) is 85.4 cm³/mol. The van der Waals surface area contributed by atoms with Gasteiger partial charge in [-0.15, -0.1) is 0 Å². The molecular formula is C15H16ClN5O2. The lowest BCUT2D eigenvalue weighted by Gasteiger charge is -2.05. The van der Waals surface area contributed by atoms with Gasteiger partial charge in [-0.3, -0.25) is 9.48 Å². The van der Waals surface area contributed by atoms with E-state index in [4.69, 9.17) is 21.6 Å². The highest BCUT2D eigenvalue weighted by molar-refractivity contribution is 6.30. The average molecular weight is 334 g/mol. The zero-order chi connectivity index (χ0) is 16.7. The van der Waals surface area contributed by atoms with E-state index < -0.39 is 0 Å². The lowest BCUT2D eigenvalue weighted by Crippen LogP contribution is -2.12. The molecule has 0 radical (unpaired) electrons. The molecule has 2 aromatic rings.